The maximum absolute atomic E-state index is 12.5. The molecule has 0 aliphatic carbocycles. The fourth-order valence-corrected chi connectivity index (χ4v) is 4.20. The van der Waals surface area contributed by atoms with Gasteiger partial charge in [0.15, 0.2) is 9.84 Å². The Kier molecular flexibility index (Phi) is 4.06. The minimum absolute atomic E-state index is 0.0110. The largest absolute Gasteiger partial charge is 0.398 e. The van der Waals surface area contributed by atoms with Gasteiger partial charge in [-0.3, -0.25) is 4.68 Å². The highest BCUT2D eigenvalue weighted by Gasteiger charge is 2.23. The number of nitrogens with two attached hydrogens (primary N) is 1. The van der Waals surface area contributed by atoms with E-state index in [1.807, 2.05) is 13.8 Å². The number of aryl methyl sites for hydroxylation is 2. The minimum atomic E-state index is -3.61. The van der Waals surface area contributed by atoms with Gasteiger partial charge in [-0.1, -0.05) is 17.7 Å². The molecule has 0 aliphatic heterocycles. The van der Waals surface area contributed by atoms with Gasteiger partial charge < -0.3 is 5.73 Å². The van der Waals surface area contributed by atoms with Gasteiger partial charge in [0.25, 0.3) is 0 Å². The van der Waals surface area contributed by atoms with Crippen LogP contribution < -0.4 is 5.73 Å². The zero-order chi connectivity index (χ0) is 14.9. The van der Waals surface area contributed by atoms with Crippen LogP contribution in [0.2, 0.25) is 5.02 Å². The normalized spacial score (nSPS) is 11.8. The van der Waals surface area contributed by atoms with Gasteiger partial charge >= 0.3 is 0 Å². The third-order valence-corrected chi connectivity index (χ3v) is 5.11. The molecule has 1 aromatic heterocycles. The van der Waals surface area contributed by atoms with Crippen molar-refractivity contribution in [1.82, 2.24) is 9.78 Å². The van der Waals surface area contributed by atoms with Crippen LogP contribution in [0.4, 0.5) is 5.69 Å². The molecule has 0 unspecified atom stereocenters. The molecule has 0 fully saturated rings. The van der Waals surface area contributed by atoms with Crippen LogP contribution in [-0.2, 0) is 22.1 Å². The van der Waals surface area contributed by atoms with E-state index in [1.54, 1.807) is 16.8 Å². The Morgan fingerprint density at radius 2 is 2.10 bits per heavy atom. The monoisotopic (exact) mass is 313 g/mol. The van der Waals surface area contributed by atoms with Gasteiger partial charge in [-0.15, -0.1) is 0 Å². The summed E-state index contributed by atoms with van der Waals surface area (Å²) in [6.07, 6.45) is 0. The molecular formula is C13H16ClN3O2S. The van der Waals surface area contributed by atoms with E-state index in [-0.39, 0.29) is 21.4 Å². The van der Waals surface area contributed by atoms with Crippen molar-refractivity contribution < 1.29 is 8.42 Å². The Morgan fingerprint density at radius 1 is 1.40 bits per heavy atom. The standard InChI is InChI=1S/C13H16ClN3O2S/c1-3-17-10(7-9(2)16-17)8-20(18,19)13-11(14)5-4-6-12(13)15/h4-7H,3,8,15H2,1-2H3. The topological polar surface area (TPSA) is 78.0 Å². The highest BCUT2D eigenvalue weighted by molar-refractivity contribution is 7.91. The third kappa shape index (κ3) is 2.81. The molecule has 0 bridgehead atoms. The fourth-order valence-electron chi connectivity index (χ4n) is 2.11. The van der Waals surface area contributed by atoms with E-state index >= 15 is 0 Å². The lowest BCUT2D eigenvalue weighted by molar-refractivity contribution is 0.586. The summed E-state index contributed by atoms with van der Waals surface area (Å²) in [6, 6.07) is 6.43. The van der Waals surface area contributed by atoms with Crippen molar-refractivity contribution in [2.45, 2.75) is 31.0 Å². The van der Waals surface area contributed by atoms with Gasteiger partial charge in [0, 0.05) is 6.54 Å². The number of sulfone groups is 1. The van der Waals surface area contributed by atoms with Crippen LogP contribution in [0.25, 0.3) is 0 Å². The van der Waals surface area contributed by atoms with Crippen molar-refractivity contribution >= 4 is 27.1 Å². The number of nitrogens with zero attached hydrogens (tertiary/aromatic N) is 2. The molecule has 0 saturated carbocycles. The molecule has 7 heteroatoms. The lowest BCUT2D eigenvalue weighted by Crippen LogP contribution is -2.12. The number of rotatable bonds is 4. The lowest BCUT2D eigenvalue weighted by Gasteiger charge is -2.10. The van der Waals surface area contributed by atoms with Crippen molar-refractivity contribution in [1.29, 1.82) is 0 Å². The maximum Gasteiger partial charge on any atom is 0.187 e. The van der Waals surface area contributed by atoms with E-state index in [0.717, 1.165) is 5.69 Å². The van der Waals surface area contributed by atoms with Gasteiger partial charge in [-0.05, 0) is 32.0 Å². The van der Waals surface area contributed by atoms with Crippen molar-refractivity contribution in [2.24, 2.45) is 0 Å². The molecule has 0 atom stereocenters. The van der Waals surface area contributed by atoms with E-state index in [1.165, 1.54) is 12.1 Å². The number of anilines is 1. The van der Waals surface area contributed by atoms with Crippen LogP contribution in [0.1, 0.15) is 18.3 Å². The summed E-state index contributed by atoms with van der Waals surface area (Å²) in [5.41, 5.74) is 7.33. The van der Waals surface area contributed by atoms with Crippen molar-refractivity contribution in [2.75, 3.05) is 5.73 Å². The van der Waals surface area contributed by atoms with Gasteiger partial charge in [0.05, 0.1) is 27.9 Å². The molecule has 0 radical (unpaired) electrons. The number of hydrogen-bond acceptors (Lipinski definition) is 4. The number of benzene rings is 1. The molecule has 1 aromatic carbocycles. The molecule has 0 amide bonds. The second kappa shape index (κ2) is 5.46. The maximum atomic E-state index is 12.5. The van der Waals surface area contributed by atoms with E-state index < -0.39 is 9.84 Å². The average molecular weight is 314 g/mol. The number of hydrogen-bond donors (Lipinski definition) is 1. The quantitative estimate of drug-likeness (QED) is 0.879. The third-order valence-electron chi connectivity index (χ3n) is 2.93. The van der Waals surface area contributed by atoms with Crippen LogP contribution in [0.5, 0.6) is 0 Å². The van der Waals surface area contributed by atoms with E-state index in [0.29, 0.717) is 12.2 Å². The van der Waals surface area contributed by atoms with Gasteiger partial charge in [0.2, 0.25) is 0 Å². The summed E-state index contributed by atoms with van der Waals surface area (Å²) in [6.45, 7) is 4.34. The predicted octanol–water partition coefficient (Wildman–Crippen LogP) is 2.42. The Balaban J connectivity index is 2.46. The molecule has 2 aromatic rings. The Labute approximate surface area is 123 Å². The summed E-state index contributed by atoms with van der Waals surface area (Å²) in [7, 11) is -3.61. The summed E-state index contributed by atoms with van der Waals surface area (Å²) in [5, 5.41) is 4.38. The first-order valence-electron chi connectivity index (χ1n) is 6.15. The summed E-state index contributed by atoms with van der Waals surface area (Å²) in [5.74, 6) is -0.171. The minimum Gasteiger partial charge on any atom is -0.398 e. The lowest BCUT2D eigenvalue weighted by atomic mass is 10.3. The molecule has 2 N–H and O–H groups in total. The van der Waals surface area contributed by atoms with Crippen molar-refractivity contribution in [3.63, 3.8) is 0 Å². The van der Waals surface area contributed by atoms with Crippen molar-refractivity contribution in [3.8, 4) is 0 Å². The van der Waals surface area contributed by atoms with E-state index in [4.69, 9.17) is 17.3 Å². The zero-order valence-corrected chi connectivity index (χ0v) is 12.9. The van der Waals surface area contributed by atoms with Crippen molar-refractivity contribution in [3.05, 3.63) is 40.7 Å². The first-order chi connectivity index (χ1) is 9.35. The van der Waals surface area contributed by atoms with Crippen LogP contribution in [0.15, 0.2) is 29.2 Å². The first kappa shape index (κ1) is 14.9. The number of halogens is 1. The van der Waals surface area contributed by atoms with Crippen LogP contribution in [0.3, 0.4) is 0 Å². The predicted molar refractivity (Wildman–Crippen MR) is 79.4 cm³/mol. The molecule has 20 heavy (non-hydrogen) atoms. The first-order valence-corrected chi connectivity index (χ1v) is 8.18. The molecule has 108 valence electrons. The Morgan fingerprint density at radius 3 is 2.70 bits per heavy atom. The number of nitrogen functional groups attached to an aromatic ring is 1. The van der Waals surface area contributed by atoms with Crippen LogP contribution in [0, 0.1) is 6.92 Å². The summed E-state index contributed by atoms with van der Waals surface area (Å²) < 4.78 is 26.7. The second-order valence-electron chi connectivity index (χ2n) is 4.51. The van der Waals surface area contributed by atoms with Gasteiger partial charge in [-0.25, -0.2) is 8.42 Å². The molecular weight excluding hydrogens is 298 g/mol. The van der Waals surface area contributed by atoms with E-state index in [9.17, 15) is 8.42 Å². The number of aromatic nitrogens is 2. The second-order valence-corrected chi connectivity index (χ2v) is 6.84. The van der Waals surface area contributed by atoms with E-state index in [2.05, 4.69) is 5.10 Å². The highest BCUT2D eigenvalue weighted by Crippen LogP contribution is 2.29. The average Bonchev–Trinajstić information content (AvgIpc) is 2.67. The molecule has 5 nitrogen and oxygen atoms in total. The molecule has 0 spiro atoms. The van der Waals surface area contributed by atoms with Gasteiger partial charge in [0.1, 0.15) is 4.90 Å². The van der Waals surface area contributed by atoms with Crippen LogP contribution in [-0.4, -0.2) is 18.2 Å². The summed E-state index contributed by atoms with van der Waals surface area (Å²) in [4.78, 5) is -0.0110. The fraction of sp³-hybridized carbons (Fsp3) is 0.308. The zero-order valence-electron chi connectivity index (χ0n) is 11.3. The summed E-state index contributed by atoms with van der Waals surface area (Å²) >= 11 is 5.98. The SMILES string of the molecule is CCn1nc(C)cc1CS(=O)(=O)c1c(N)cccc1Cl. The highest BCUT2D eigenvalue weighted by atomic mass is 35.5. The molecule has 2 rings (SSSR count). The smallest absolute Gasteiger partial charge is 0.187 e. The van der Waals surface area contributed by atoms with Crippen LogP contribution >= 0.6 is 11.6 Å². The Hall–Kier alpha value is -1.53. The molecule has 0 aliphatic rings. The Bertz CT molecular complexity index is 718. The molecule has 1 heterocycles. The van der Waals surface area contributed by atoms with Gasteiger partial charge in [-0.2, -0.15) is 5.10 Å². The molecule has 0 saturated heterocycles.